The summed E-state index contributed by atoms with van der Waals surface area (Å²) >= 11 is 0. The molecule has 0 spiro atoms. The number of hydrogen-bond donors (Lipinski definition) is 0. The molecule has 108 valence electrons. The van der Waals surface area contributed by atoms with Gasteiger partial charge in [0.25, 0.3) is 5.91 Å². The Hall–Kier alpha value is -1.43. The largest absolute Gasteiger partial charge is 0.368 e. The number of amides is 1. The standard InChI is InChI=1S/C14H20N4O2/c19-14(13-2-1-7-20-13)17-6-5-11(8-17)18-9-12(15-16-18)10-3-4-10/h9-11,13H,1-8H2. The predicted octanol–water partition coefficient (Wildman–Crippen LogP) is 1.11. The normalized spacial score (nSPS) is 30.1. The van der Waals surface area contributed by atoms with E-state index in [9.17, 15) is 4.79 Å². The maximum atomic E-state index is 12.3. The summed E-state index contributed by atoms with van der Waals surface area (Å²) in [4.78, 5) is 14.2. The van der Waals surface area contributed by atoms with Crippen LogP contribution in [0.1, 0.15) is 49.8 Å². The molecule has 2 saturated heterocycles. The smallest absolute Gasteiger partial charge is 0.251 e. The first kappa shape index (κ1) is 12.3. The van der Waals surface area contributed by atoms with Crippen LogP contribution in [0, 0.1) is 0 Å². The molecule has 3 heterocycles. The van der Waals surface area contributed by atoms with E-state index < -0.39 is 0 Å². The predicted molar refractivity (Wildman–Crippen MR) is 71.2 cm³/mol. The Morgan fingerprint density at radius 1 is 1.30 bits per heavy atom. The highest BCUT2D eigenvalue weighted by atomic mass is 16.5. The summed E-state index contributed by atoms with van der Waals surface area (Å²) in [6, 6.07) is 0.278. The van der Waals surface area contributed by atoms with Crippen molar-refractivity contribution in [3.05, 3.63) is 11.9 Å². The van der Waals surface area contributed by atoms with Crippen LogP contribution in [0.3, 0.4) is 0 Å². The third-order valence-electron chi connectivity index (χ3n) is 4.58. The van der Waals surface area contributed by atoms with Crippen LogP contribution in [0.2, 0.25) is 0 Å². The molecule has 3 fully saturated rings. The van der Waals surface area contributed by atoms with Crippen molar-refractivity contribution in [1.82, 2.24) is 19.9 Å². The van der Waals surface area contributed by atoms with Crippen molar-refractivity contribution < 1.29 is 9.53 Å². The maximum absolute atomic E-state index is 12.3. The SMILES string of the molecule is O=C(C1CCCO1)N1CCC(n2cc(C3CC3)nn2)C1. The molecule has 2 aliphatic heterocycles. The Morgan fingerprint density at radius 3 is 2.95 bits per heavy atom. The summed E-state index contributed by atoms with van der Waals surface area (Å²) in [7, 11) is 0. The number of carbonyl (C=O) groups excluding carboxylic acids is 1. The van der Waals surface area contributed by atoms with E-state index in [1.54, 1.807) is 0 Å². The van der Waals surface area contributed by atoms with Crippen molar-refractivity contribution >= 4 is 5.91 Å². The molecule has 20 heavy (non-hydrogen) atoms. The molecule has 6 heteroatoms. The number of nitrogens with zero attached hydrogens (tertiary/aromatic N) is 4. The average molecular weight is 276 g/mol. The zero-order chi connectivity index (χ0) is 13.5. The van der Waals surface area contributed by atoms with Crippen LogP contribution in [-0.2, 0) is 9.53 Å². The van der Waals surface area contributed by atoms with Crippen LogP contribution in [0.15, 0.2) is 6.20 Å². The van der Waals surface area contributed by atoms with E-state index in [-0.39, 0.29) is 18.1 Å². The summed E-state index contributed by atoms with van der Waals surface area (Å²) in [5, 5.41) is 8.50. The van der Waals surface area contributed by atoms with E-state index in [0.29, 0.717) is 5.92 Å². The van der Waals surface area contributed by atoms with Crippen LogP contribution in [0.5, 0.6) is 0 Å². The first-order chi connectivity index (χ1) is 9.81. The monoisotopic (exact) mass is 276 g/mol. The summed E-state index contributed by atoms with van der Waals surface area (Å²) in [6.45, 7) is 2.27. The Bertz CT molecular complexity index is 505. The molecule has 1 amide bonds. The lowest BCUT2D eigenvalue weighted by Gasteiger charge is -2.19. The van der Waals surface area contributed by atoms with Crippen molar-refractivity contribution in [2.45, 2.75) is 50.2 Å². The Balaban J connectivity index is 1.40. The molecule has 0 N–H and O–H groups in total. The van der Waals surface area contributed by atoms with Crippen LogP contribution in [0.25, 0.3) is 0 Å². The molecular formula is C14H20N4O2. The van der Waals surface area contributed by atoms with Gasteiger partial charge in [-0.1, -0.05) is 5.21 Å². The molecule has 1 aromatic heterocycles. The maximum Gasteiger partial charge on any atom is 0.251 e. The van der Waals surface area contributed by atoms with Crippen LogP contribution in [-0.4, -0.2) is 51.6 Å². The average Bonchev–Trinajstić information content (AvgIpc) is 2.98. The topological polar surface area (TPSA) is 60.2 Å². The number of rotatable bonds is 3. The fraction of sp³-hybridized carbons (Fsp3) is 0.786. The Kier molecular flexibility index (Phi) is 2.98. The van der Waals surface area contributed by atoms with Crippen LogP contribution in [0.4, 0.5) is 0 Å². The van der Waals surface area contributed by atoms with E-state index in [1.165, 1.54) is 12.8 Å². The number of hydrogen-bond acceptors (Lipinski definition) is 4. The third-order valence-corrected chi connectivity index (χ3v) is 4.58. The zero-order valence-electron chi connectivity index (χ0n) is 11.6. The molecule has 0 aromatic carbocycles. The van der Waals surface area contributed by atoms with Gasteiger partial charge in [-0.05, 0) is 32.1 Å². The molecule has 4 rings (SSSR count). The van der Waals surface area contributed by atoms with Gasteiger partial charge in [-0.15, -0.1) is 5.10 Å². The third kappa shape index (κ3) is 2.22. The first-order valence-electron chi connectivity index (χ1n) is 7.63. The fourth-order valence-electron chi connectivity index (χ4n) is 3.17. The molecule has 1 saturated carbocycles. The quantitative estimate of drug-likeness (QED) is 0.829. The molecule has 1 aliphatic carbocycles. The van der Waals surface area contributed by atoms with Crippen molar-refractivity contribution in [2.75, 3.05) is 19.7 Å². The van der Waals surface area contributed by atoms with Gasteiger partial charge in [0.2, 0.25) is 0 Å². The van der Waals surface area contributed by atoms with E-state index in [1.807, 2.05) is 9.58 Å². The van der Waals surface area contributed by atoms with Gasteiger partial charge >= 0.3 is 0 Å². The molecule has 6 nitrogen and oxygen atoms in total. The van der Waals surface area contributed by atoms with Gasteiger partial charge in [0.1, 0.15) is 6.10 Å². The molecular weight excluding hydrogens is 256 g/mol. The lowest BCUT2D eigenvalue weighted by atomic mass is 10.2. The highest BCUT2D eigenvalue weighted by molar-refractivity contribution is 5.81. The van der Waals surface area contributed by atoms with Crippen molar-refractivity contribution in [1.29, 1.82) is 0 Å². The summed E-state index contributed by atoms with van der Waals surface area (Å²) in [5.74, 6) is 0.794. The Morgan fingerprint density at radius 2 is 2.20 bits per heavy atom. The van der Waals surface area contributed by atoms with Gasteiger partial charge in [0.15, 0.2) is 0 Å². The molecule has 0 bridgehead atoms. The van der Waals surface area contributed by atoms with Gasteiger partial charge in [-0.2, -0.15) is 0 Å². The first-order valence-corrected chi connectivity index (χ1v) is 7.63. The highest BCUT2D eigenvalue weighted by Crippen LogP contribution is 2.39. The summed E-state index contributed by atoms with van der Waals surface area (Å²) < 4.78 is 7.44. The molecule has 2 unspecified atom stereocenters. The van der Waals surface area contributed by atoms with Crippen LogP contribution >= 0.6 is 0 Å². The van der Waals surface area contributed by atoms with Gasteiger partial charge in [0.05, 0.1) is 11.7 Å². The summed E-state index contributed by atoms with van der Waals surface area (Å²) in [6.07, 6.45) is 7.19. The molecule has 0 radical (unpaired) electrons. The van der Waals surface area contributed by atoms with Crippen molar-refractivity contribution in [3.8, 4) is 0 Å². The van der Waals surface area contributed by atoms with Gasteiger partial charge < -0.3 is 9.64 Å². The highest BCUT2D eigenvalue weighted by Gasteiger charge is 2.34. The van der Waals surface area contributed by atoms with E-state index >= 15 is 0 Å². The molecule has 2 atom stereocenters. The Labute approximate surface area is 118 Å². The molecule has 3 aliphatic rings. The number of aromatic nitrogens is 3. The minimum absolute atomic E-state index is 0.160. The van der Waals surface area contributed by atoms with E-state index in [2.05, 4.69) is 16.5 Å². The number of carbonyl (C=O) groups is 1. The number of likely N-dealkylation sites (tertiary alicyclic amines) is 1. The van der Waals surface area contributed by atoms with Gasteiger partial charge in [-0.25, -0.2) is 4.68 Å². The molecule has 1 aromatic rings. The second kappa shape index (κ2) is 4.84. The minimum Gasteiger partial charge on any atom is -0.368 e. The minimum atomic E-state index is -0.202. The van der Waals surface area contributed by atoms with Crippen molar-refractivity contribution in [3.63, 3.8) is 0 Å². The van der Waals surface area contributed by atoms with Crippen LogP contribution < -0.4 is 0 Å². The second-order valence-corrected chi connectivity index (χ2v) is 6.13. The fourth-order valence-corrected chi connectivity index (χ4v) is 3.17. The lowest BCUT2D eigenvalue weighted by molar-refractivity contribution is -0.139. The van der Waals surface area contributed by atoms with E-state index in [4.69, 9.17) is 4.74 Å². The second-order valence-electron chi connectivity index (χ2n) is 6.13. The van der Waals surface area contributed by atoms with Crippen molar-refractivity contribution in [2.24, 2.45) is 0 Å². The van der Waals surface area contributed by atoms with Gasteiger partial charge in [0, 0.05) is 31.8 Å². The lowest BCUT2D eigenvalue weighted by Crippen LogP contribution is -2.37. The van der Waals surface area contributed by atoms with Gasteiger partial charge in [-0.3, -0.25) is 4.79 Å². The summed E-state index contributed by atoms with van der Waals surface area (Å²) in [5.41, 5.74) is 1.12. The zero-order valence-corrected chi connectivity index (χ0v) is 11.6. The number of ether oxygens (including phenoxy) is 1. The van der Waals surface area contributed by atoms with E-state index in [0.717, 1.165) is 44.7 Å².